The molecule has 0 amide bonds. The van der Waals surface area contributed by atoms with Gasteiger partial charge in [-0.1, -0.05) is 39.5 Å². The van der Waals surface area contributed by atoms with Crippen molar-refractivity contribution in [1.82, 2.24) is 5.32 Å². The predicted molar refractivity (Wildman–Crippen MR) is 78.7 cm³/mol. The van der Waals surface area contributed by atoms with Gasteiger partial charge < -0.3 is 5.32 Å². The second-order valence-corrected chi connectivity index (χ2v) is 6.18. The third-order valence-corrected chi connectivity index (χ3v) is 3.90. The number of thiophene rings is 1. The Kier molecular flexibility index (Phi) is 7.71. The Hall–Kier alpha value is -0.850. The van der Waals surface area contributed by atoms with Gasteiger partial charge in [0, 0.05) is 16.8 Å². The molecule has 1 rings (SSSR count). The minimum absolute atomic E-state index is 0.783. The summed E-state index contributed by atoms with van der Waals surface area (Å²) in [5, 5.41) is 14.1. The molecule has 2 nitrogen and oxygen atoms in total. The van der Waals surface area contributed by atoms with Gasteiger partial charge in [0.15, 0.2) is 0 Å². The summed E-state index contributed by atoms with van der Waals surface area (Å²) in [6.07, 6.45) is 6.67. The molecule has 0 bridgehead atoms. The van der Waals surface area contributed by atoms with Gasteiger partial charge in [0.05, 0.1) is 5.56 Å². The maximum Gasteiger partial charge on any atom is 0.100 e. The molecule has 1 N–H and O–H groups in total. The van der Waals surface area contributed by atoms with E-state index in [1.807, 2.05) is 11.4 Å². The molecule has 0 aliphatic heterocycles. The molecule has 0 unspecified atom stereocenters. The maximum atomic E-state index is 8.72. The Morgan fingerprint density at radius 2 is 2.06 bits per heavy atom. The monoisotopic (exact) mass is 264 g/mol. The van der Waals surface area contributed by atoms with Gasteiger partial charge in [-0.25, -0.2) is 0 Å². The quantitative estimate of drug-likeness (QED) is 0.674. The van der Waals surface area contributed by atoms with Crippen molar-refractivity contribution in [2.45, 2.75) is 52.5 Å². The lowest BCUT2D eigenvalue weighted by molar-refractivity contribution is 0.512. The van der Waals surface area contributed by atoms with E-state index in [9.17, 15) is 0 Å². The van der Waals surface area contributed by atoms with Crippen molar-refractivity contribution >= 4 is 11.3 Å². The van der Waals surface area contributed by atoms with E-state index < -0.39 is 0 Å². The molecule has 18 heavy (non-hydrogen) atoms. The number of hydrogen-bond acceptors (Lipinski definition) is 3. The summed E-state index contributed by atoms with van der Waals surface area (Å²) >= 11 is 1.66. The second kappa shape index (κ2) is 9.13. The van der Waals surface area contributed by atoms with E-state index in [1.54, 1.807) is 11.3 Å². The first-order valence-electron chi connectivity index (χ1n) is 6.90. The minimum Gasteiger partial charge on any atom is -0.312 e. The fraction of sp³-hybridized carbons (Fsp3) is 0.667. The number of nitriles is 1. The van der Waals surface area contributed by atoms with Crippen LogP contribution in [0.3, 0.4) is 0 Å². The second-order valence-electron chi connectivity index (χ2n) is 5.19. The van der Waals surface area contributed by atoms with Gasteiger partial charge in [-0.3, -0.25) is 0 Å². The van der Waals surface area contributed by atoms with Gasteiger partial charge in [-0.15, -0.1) is 11.3 Å². The normalized spacial score (nSPS) is 10.8. The molecule has 0 saturated heterocycles. The molecule has 0 radical (unpaired) electrons. The first-order chi connectivity index (χ1) is 8.72. The van der Waals surface area contributed by atoms with Gasteiger partial charge in [-0.2, -0.15) is 5.26 Å². The first kappa shape index (κ1) is 15.2. The van der Waals surface area contributed by atoms with Crippen LogP contribution in [0.2, 0.25) is 0 Å². The van der Waals surface area contributed by atoms with Crippen molar-refractivity contribution in [2.75, 3.05) is 6.54 Å². The van der Waals surface area contributed by atoms with Crippen LogP contribution in [0.15, 0.2) is 11.4 Å². The third-order valence-electron chi connectivity index (χ3n) is 2.97. The van der Waals surface area contributed by atoms with Gasteiger partial charge in [0.1, 0.15) is 6.07 Å². The molecule has 0 aliphatic rings. The Balaban J connectivity index is 1.94. The molecular weight excluding hydrogens is 240 g/mol. The molecule has 100 valence electrons. The van der Waals surface area contributed by atoms with E-state index in [-0.39, 0.29) is 0 Å². The zero-order valence-corrected chi connectivity index (χ0v) is 12.4. The molecule has 0 fully saturated rings. The van der Waals surface area contributed by atoms with Crippen LogP contribution in [0.25, 0.3) is 0 Å². The van der Waals surface area contributed by atoms with E-state index in [0.717, 1.165) is 24.6 Å². The summed E-state index contributed by atoms with van der Waals surface area (Å²) in [5.74, 6) is 0.844. The van der Waals surface area contributed by atoms with Crippen molar-refractivity contribution in [1.29, 1.82) is 5.26 Å². The molecule has 1 heterocycles. The summed E-state index contributed by atoms with van der Waals surface area (Å²) in [6, 6.07) is 4.14. The molecule has 1 aromatic rings. The highest BCUT2D eigenvalue weighted by Gasteiger charge is 1.98. The molecule has 3 heteroatoms. The third kappa shape index (κ3) is 6.78. The predicted octanol–water partition coefficient (Wildman–Crippen LogP) is 4.32. The average Bonchev–Trinajstić information content (AvgIpc) is 2.80. The lowest BCUT2D eigenvalue weighted by Crippen LogP contribution is -2.13. The Bertz CT molecular complexity index is 363. The minimum atomic E-state index is 0.783. The highest BCUT2D eigenvalue weighted by atomic mass is 32.1. The number of rotatable bonds is 9. The Morgan fingerprint density at radius 3 is 2.72 bits per heavy atom. The van der Waals surface area contributed by atoms with E-state index in [1.165, 1.54) is 37.0 Å². The number of hydrogen-bond donors (Lipinski definition) is 1. The van der Waals surface area contributed by atoms with Crippen molar-refractivity contribution in [3.8, 4) is 6.07 Å². The summed E-state index contributed by atoms with van der Waals surface area (Å²) in [7, 11) is 0. The number of nitrogens with one attached hydrogen (secondary N) is 1. The molecule has 0 saturated carbocycles. The maximum absolute atomic E-state index is 8.72. The highest BCUT2D eigenvalue weighted by Crippen LogP contribution is 2.13. The van der Waals surface area contributed by atoms with Crippen LogP contribution >= 0.6 is 11.3 Å². The zero-order chi connectivity index (χ0) is 13.2. The fourth-order valence-corrected chi connectivity index (χ4v) is 2.68. The standard InChI is InChI=1S/C15H24N2S/c1-13(2)7-5-3-4-6-8-17-11-15-9-14(10-16)12-18-15/h9,12-13,17H,3-8,11H2,1-2H3. The fourth-order valence-electron chi connectivity index (χ4n) is 1.90. The van der Waals surface area contributed by atoms with Crippen molar-refractivity contribution < 1.29 is 0 Å². The zero-order valence-electron chi connectivity index (χ0n) is 11.5. The summed E-state index contributed by atoms with van der Waals surface area (Å²) < 4.78 is 0. The average molecular weight is 264 g/mol. The van der Waals surface area contributed by atoms with Crippen LogP contribution in [0.4, 0.5) is 0 Å². The lowest BCUT2D eigenvalue weighted by atomic mass is 10.0. The molecule has 0 aliphatic carbocycles. The van der Waals surface area contributed by atoms with Crippen LogP contribution in [0.5, 0.6) is 0 Å². The molecule has 0 atom stereocenters. The number of nitrogens with zero attached hydrogens (tertiary/aromatic N) is 1. The summed E-state index contributed by atoms with van der Waals surface area (Å²) in [5.41, 5.74) is 0.783. The van der Waals surface area contributed by atoms with Gasteiger partial charge in [0.2, 0.25) is 0 Å². The lowest BCUT2D eigenvalue weighted by Gasteiger charge is -2.05. The smallest absolute Gasteiger partial charge is 0.100 e. The van der Waals surface area contributed by atoms with Crippen LogP contribution in [0.1, 0.15) is 56.4 Å². The van der Waals surface area contributed by atoms with E-state index in [4.69, 9.17) is 5.26 Å². The topological polar surface area (TPSA) is 35.8 Å². The molecule has 0 aromatic carbocycles. The van der Waals surface area contributed by atoms with Gasteiger partial charge in [0.25, 0.3) is 0 Å². The highest BCUT2D eigenvalue weighted by molar-refractivity contribution is 7.10. The summed E-state index contributed by atoms with van der Waals surface area (Å²) in [4.78, 5) is 1.26. The molecular formula is C15H24N2S. The van der Waals surface area contributed by atoms with Gasteiger partial charge >= 0.3 is 0 Å². The van der Waals surface area contributed by atoms with Crippen LogP contribution in [0, 0.1) is 17.2 Å². The van der Waals surface area contributed by atoms with Gasteiger partial charge in [-0.05, 0) is 24.9 Å². The first-order valence-corrected chi connectivity index (χ1v) is 7.78. The van der Waals surface area contributed by atoms with Crippen LogP contribution in [-0.2, 0) is 6.54 Å². The van der Waals surface area contributed by atoms with Crippen molar-refractivity contribution in [3.63, 3.8) is 0 Å². The van der Waals surface area contributed by atoms with Crippen molar-refractivity contribution in [2.24, 2.45) is 5.92 Å². The van der Waals surface area contributed by atoms with Crippen molar-refractivity contribution in [3.05, 3.63) is 21.9 Å². The SMILES string of the molecule is CC(C)CCCCCCNCc1cc(C#N)cs1. The molecule has 1 aromatic heterocycles. The van der Waals surface area contributed by atoms with E-state index >= 15 is 0 Å². The number of unbranched alkanes of at least 4 members (excludes halogenated alkanes) is 3. The largest absolute Gasteiger partial charge is 0.312 e. The van der Waals surface area contributed by atoms with E-state index in [2.05, 4.69) is 25.2 Å². The Labute approximate surface area is 115 Å². The van der Waals surface area contributed by atoms with Crippen LogP contribution < -0.4 is 5.32 Å². The Morgan fingerprint density at radius 1 is 1.28 bits per heavy atom. The molecule has 0 spiro atoms. The van der Waals surface area contributed by atoms with E-state index in [0.29, 0.717) is 0 Å². The van der Waals surface area contributed by atoms with Crippen LogP contribution in [-0.4, -0.2) is 6.54 Å². The summed E-state index contributed by atoms with van der Waals surface area (Å²) in [6.45, 7) is 6.57.